The summed E-state index contributed by atoms with van der Waals surface area (Å²) in [5.41, 5.74) is -0.380. The summed E-state index contributed by atoms with van der Waals surface area (Å²) in [4.78, 5) is 3.45. The summed E-state index contributed by atoms with van der Waals surface area (Å²) in [6, 6.07) is 6.07. The van der Waals surface area contributed by atoms with Crippen LogP contribution in [0.4, 0.5) is 8.78 Å². The average molecular weight is 193 g/mol. The summed E-state index contributed by atoms with van der Waals surface area (Å²) < 4.78 is 24.8. The molecule has 0 amide bonds. The van der Waals surface area contributed by atoms with Gasteiger partial charge < -0.3 is 0 Å². The van der Waals surface area contributed by atoms with E-state index < -0.39 is 12.1 Å². The molecule has 0 saturated carbocycles. The van der Waals surface area contributed by atoms with Gasteiger partial charge in [-0.15, -0.1) is 0 Å². The predicted molar refractivity (Wildman–Crippen MR) is 43.2 cm³/mol. The highest BCUT2D eigenvalue weighted by atomic mass is 19.3. The number of hydrogen-bond acceptors (Lipinski definition) is 3. The Labute approximate surface area is 79.2 Å². The molecule has 0 spiro atoms. The van der Waals surface area contributed by atoms with Crippen molar-refractivity contribution >= 4 is 0 Å². The number of alkyl halides is 2. The first-order valence-electron chi connectivity index (χ1n) is 3.74. The second kappa shape index (κ2) is 4.29. The van der Waals surface area contributed by atoms with Crippen molar-refractivity contribution in [2.24, 2.45) is 0 Å². The Morgan fingerprint density at radius 1 is 1.36 bits per heavy atom. The van der Waals surface area contributed by atoms with Crippen LogP contribution in [0.1, 0.15) is 23.4 Å². The third-order valence-electron chi connectivity index (χ3n) is 1.60. The molecule has 0 aliphatic heterocycles. The summed E-state index contributed by atoms with van der Waals surface area (Å²) in [6.45, 7) is 0. The fraction of sp³-hybridized carbons (Fsp3) is 0.222. The Balaban J connectivity index is 3.20. The highest BCUT2D eigenvalue weighted by molar-refractivity contribution is 5.31. The summed E-state index contributed by atoms with van der Waals surface area (Å²) in [5, 5.41) is 16.8. The van der Waals surface area contributed by atoms with Gasteiger partial charge in [-0.2, -0.15) is 10.5 Å². The van der Waals surface area contributed by atoms with E-state index in [0.29, 0.717) is 0 Å². The molecule has 3 nitrogen and oxygen atoms in total. The van der Waals surface area contributed by atoms with Crippen LogP contribution in [-0.4, -0.2) is 4.98 Å². The molecule has 0 fully saturated rings. The first kappa shape index (κ1) is 10.1. The molecule has 1 heterocycles. The van der Waals surface area contributed by atoms with Crippen LogP contribution in [0, 0.1) is 22.7 Å². The lowest BCUT2D eigenvalue weighted by Crippen LogP contribution is -1.99. The maximum atomic E-state index is 12.4. The Morgan fingerprint density at radius 2 is 2.07 bits per heavy atom. The number of nitrogens with zero attached hydrogens (tertiary/aromatic N) is 3. The summed E-state index contributed by atoms with van der Waals surface area (Å²) in [7, 11) is 0. The van der Waals surface area contributed by atoms with Crippen molar-refractivity contribution in [3.8, 4) is 12.1 Å². The van der Waals surface area contributed by atoms with Gasteiger partial charge in [0.1, 0.15) is 17.5 Å². The molecule has 5 heteroatoms. The highest BCUT2D eigenvalue weighted by Crippen LogP contribution is 2.21. The molecule has 0 atom stereocenters. The van der Waals surface area contributed by atoms with E-state index in [2.05, 4.69) is 4.98 Å². The van der Waals surface area contributed by atoms with Crippen LogP contribution < -0.4 is 0 Å². The van der Waals surface area contributed by atoms with Crippen molar-refractivity contribution in [1.29, 1.82) is 10.5 Å². The predicted octanol–water partition coefficient (Wildman–Crippen LogP) is 1.96. The lowest BCUT2D eigenvalue weighted by atomic mass is 10.1. The summed E-state index contributed by atoms with van der Waals surface area (Å²) in [6.07, 6.45) is -2.88. The van der Waals surface area contributed by atoms with Crippen LogP contribution in [0.15, 0.2) is 12.1 Å². The van der Waals surface area contributed by atoms with Crippen molar-refractivity contribution in [3.63, 3.8) is 0 Å². The first-order valence-corrected chi connectivity index (χ1v) is 3.74. The van der Waals surface area contributed by atoms with Gasteiger partial charge >= 0.3 is 0 Å². The molecule has 0 saturated heterocycles. The lowest BCUT2D eigenvalue weighted by Gasteiger charge is -2.04. The largest absolute Gasteiger partial charge is 0.280 e. The Hall–Kier alpha value is -2.01. The van der Waals surface area contributed by atoms with Crippen molar-refractivity contribution in [2.45, 2.75) is 12.8 Å². The summed E-state index contributed by atoms with van der Waals surface area (Å²) >= 11 is 0. The molecule has 14 heavy (non-hydrogen) atoms. The van der Waals surface area contributed by atoms with Crippen LogP contribution in [0.3, 0.4) is 0 Å². The van der Waals surface area contributed by atoms with Gasteiger partial charge in [0.05, 0.1) is 12.5 Å². The third kappa shape index (κ3) is 2.02. The first-order chi connectivity index (χ1) is 6.69. The minimum Gasteiger partial charge on any atom is -0.236 e. The molecule has 0 unspecified atom stereocenters. The number of aromatic nitrogens is 1. The maximum Gasteiger partial charge on any atom is 0.280 e. The second-order valence-corrected chi connectivity index (χ2v) is 2.49. The van der Waals surface area contributed by atoms with Crippen molar-refractivity contribution in [3.05, 3.63) is 29.1 Å². The number of halogens is 2. The Morgan fingerprint density at radius 3 is 2.57 bits per heavy atom. The normalized spacial score (nSPS) is 9.50. The summed E-state index contributed by atoms with van der Waals surface area (Å²) in [5.74, 6) is 0. The minimum atomic E-state index is -2.76. The number of nitriles is 2. The van der Waals surface area contributed by atoms with Crippen LogP contribution in [0.25, 0.3) is 0 Å². The van der Waals surface area contributed by atoms with Gasteiger partial charge in [0.25, 0.3) is 6.43 Å². The van der Waals surface area contributed by atoms with Crippen molar-refractivity contribution < 1.29 is 8.78 Å². The van der Waals surface area contributed by atoms with E-state index in [0.717, 1.165) is 0 Å². The van der Waals surface area contributed by atoms with E-state index in [-0.39, 0.29) is 17.7 Å². The minimum absolute atomic E-state index is 0.0676. The molecule has 0 N–H and O–H groups in total. The average Bonchev–Trinajstić information content (AvgIpc) is 2.18. The van der Waals surface area contributed by atoms with Gasteiger partial charge in [-0.25, -0.2) is 13.8 Å². The fourth-order valence-corrected chi connectivity index (χ4v) is 0.990. The number of pyridine rings is 1. The van der Waals surface area contributed by atoms with Crippen molar-refractivity contribution in [1.82, 2.24) is 4.98 Å². The SMILES string of the molecule is N#CCc1ccc(C#N)nc1C(F)F. The van der Waals surface area contributed by atoms with Crippen LogP contribution in [0.2, 0.25) is 0 Å². The maximum absolute atomic E-state index is 12.4. The molecular formula is C9H5F2N3. The van der Waals surface area contributed by atoms with Gasteiger partial charge in [0, 0.05) is 0 Å². The molecule has 1 aromatic heterocycles. The van der Waals surface area contributed by atoms with Crippen LogP contribution >= 0.6 is 0 Å². The van der Waals surface area contributed by atoms with Crippen molar-refractivity contribution in [2.75, 3.05) is 0 Å². The fourth-order valence-electron chi connectivity index (χ4n) is 0.990. The second-order valence-electron chi connectivity index (χ2n) is 2.49. The van der Waals surface area contributed by atoms with E-state index in [1.807, 2.05) is 0 Å². The molecule has 70 valence electrons. The van der Waals surface area contributed by atoms with E-state index in [1.165, 1.54) is 12.1 Å². The van der Waals surface area contributed by atoms with E-state index in [9.17, 15) is 8.78 Å². The standard InChI is InChI=1S/C9H5F2N3/c10-9(11)8-6(3-4-12)1-2-7(5-13)14-8/h1-2,9H,3H2. The quantitative estimate of drug-likeness (QED) is 0.721. The lowest BCUT2D eigenvalue weighted by molar-refractivity contribution is 0.145. The molecule has 1 aromatic rings. The van der Waals surface area contributed by atoms with Gasteiger partial charge in [-0.3, -0.25) is 0 Å². The molecule has 1 rings (SSSR count). The zero-order valence-corrected chi connectivity index (χ0v) is 7.04. The van der Waals surface area contributed by atoms with E-state index >= 15 is 0 Å². The highest BCUT2D eigenvalue weighted by Gasteiger charge is 2.15. The smallest absolute Gasteiger partial charge is 0.236 e. The van der Waals surface area contributed by atoms with E-state index in [1.54, 1.807) is 12.1 Å². The molecule has 0 radical (unpaired) electrons. The molecule has 0 aliphatic rings. The number of rotatable bonds is 2. The Kier molecular flexibility index (Phi) is 3.09. The molecule has 0 aliphatic carbocycles. The van der Waals surface area contributed by atoms with Crippen LogP contribution in [0.5, 0.6) is 0 Å². The van der Waals surface area contributed by atoms with Gasteiger partial charge in [-0.1, -0.05) is 6.07 Å². The number of hydrogen-bond donors (Lipinski definition) is 0. The Bertz CT molecular complexity index is 415. The zero-order chi connectivity index (χ0) is 10.6. The van der Waals surface area contributed by atoms with Gasteiger partial charge in [-0.05, 0) is 11.6 Å². The van der Waals surface area contributed by atoms with Gasteiger partial charge in [0.15, 0.2) is 0 Å². The third-order valence-corrected chi connectivity index (χ3v) is 1.60. The molecular weight excluding hydrogens is 188 g/mol. The van der Waals surface area contributed by atoms with Crippen LogP contribution in [-0.2, 0) is 6.42 Å². The van der Waals surface area contributed by atoms with E-state index in [4.69, 9.17) is 10.5 Å². The van der Waals surface area contributed by atoms with Gasteiger partial charge in [0.2, 0.25) is 0 Å². The topological polar surface area (TPSA) is 60.5 Å². The molecule has 0 aromatic carbocycles. The monoisotopic (exact) mass is 193 g/mol. The zero-order valence-electron chi connectivity index (χ0n) is 7.04. The molecule has 0 bridgehead atoms.